The molecule has 0 amide bonds. The van der Waals surface area contributed by atoms with Crippen LogP contribution in [0.1, 0.15) is 29.8 Å². The van der Waals surface area contributed by atoms with Crippen LogP contribution in [0.5, 0.6) is 0 Å². The summed E-state index contributed by atoms with van der Waals surface area (Å²) in [5.41, 5.74) is 9.26. The Morgan fingerprint density at radius 2 is 2.00 bits per heavy atom. The highest BCUT2D eigenvalue weighted by Crippen LogP contribution is 2.14. The van der Waals surface area contributed by atoms with E-state index < -0.39 is 0 Å². The van der Waals surface area contributed by atoms with E-state index in [9.17, 15) is 0 Å². The van der Waals surface area contributed by atoms with Gasteiger partial charge < -0.3 is 10.6 Å². The quantitative estimate of drug-likeness (QED) is 0.739. The third-order valence-corrected chi connectivity index (χ3v) is 3.08. The Hall–Kier alpha value is -0.870. The third kappa shape index (κ3) is 3.32. The van der Waals surface area contributed by atoms with Crippen LogP contribution in [0, 0.1) is 13.8 Å². The van der Waals surface area contributed by atoms with Gasteiger partial charge in [0.05, 0.1) is 5.69 Å². The van der Waals surface area contributed by atoms with Gasteiger partial charge in [-0.2, -0.15) is 5.10 Å². The maximum Gasteiger partial charge on any atom is 0.0641 e. The molecule has 0 unspecified atom stereocenters. The highest BCUT2D eigenvalue weighted by atomic mass is 15.3. The molecule has 0 fully saturated rings. The Labute approximate surface area is 98.4 Å². The van der Waals surface area contributed by atoms with Crippen molar-refractivity contribution in [2.24, 2.45) is 12.8 Å². The maximum absolute atomic E-state index is 5.49. The number of hydrogen-bond donors (Lipinski definition) is 1. The summed E-state index contributed by atoms with van der Waals surface area (Å²) in [5.74, 6) is 0. The van der Waals surface area contributed by atoms with Crippen molar-refractivity contribution in [1.82, 2.24) is 14.7 Å². The van der Waals surface area contributed by atoms with Crippen LogP contribution in [0.2, 0.25) is 0 Å². The van der Waals surface area contributed by atoms with Gasteiger partial charge in [0, 0.05) is 24.8 Å². The van der Waals surface area contributed by atoms with Crippen LogP contribution in [0.3, 0.4) is 0 Å². The van der Waals surface area contributed by atoms with Gasteiger partial charge in [-0.05, 0) is 46.8 Å². The number of rotatable bonds is 6. The fourth-order valence-electron chi connectivity index (χ4n) is 1.92. The molecule has 0 bridgehead atoms. The molecular formula is C12H24N4. The Bertz CT molecular complexity index is 330. The molecule has 0 aliphatic carbocycles. The average molecular weight is 224 g/mol. The maximum atomic E-state index is 5.49. The van der Waals surface area contributed by atoms with Gasteiger partial charge in [-0.25, -0.2) is 0 Å². The SMILES string of the molecule is Cc1nn(C)c(C)c1CN(C)CCCCN. The van der Waals surface area contributed by atoms with Crippen molar-refractivity contribution in [2.45, 2.75) is 33.2 Å². The van der Waals surface area contributed by atoms with Gasteiger partial charge in [-0.3, -0.25) is 4.68 Å². The molecule has 0 aromatic carbocycles. The molecule has 1 aromatic heterocycles. The van der Waals surface area contributed by atoms with Gasteiger partial charge in [-0.15, -0.1) is 0 Å². The highest BCUT2D eigenvalue weighted by Gasteiger charge is 2.10. The molecule has 1 rings (SSSR count). The van der Waals surface area contributed by atoms with Gasteiger partial charge in [-0.1, -0.05) is 0 Å². The smallest absolute Gasteiger partial charge is 0.0641 e. The predicted octanol–water partition coefficient (Wildman–Crippen LogP) is 1.21. The van der Waals surface area contributed by atoms with Crippen LogP contribution in [-0.4, -0.2) is 34.8 Å². The summed E-state index contributed by atoms with van der Waals surface area (Å²) in [6.45, 7) is 7.08. The first-order valence-electron chi connectivity index (χ1n) is 5.94. The summed E-state index contributed by atoms with van der Waals surface area (Å²) >= 11 is 0. The van der Waals surface area contributed by atoms with Crippen LogP contribution in [-0.2, 0) is 13.6 Å². The third-order valence-electron chi connectivity index (χ3n) is 3.08. The van der Waals surface area contributed by atoms with Crippen LogP contribution >= 0.6 is 0 Å². The average Bonchev–Trinajstić information content (AvgIpc) is 2.46. The second-order valence-electron chi connectivity index (χ2n) is 4.51. The van der Waals surface area contributed by atoms with Crippen molar-refractivity contribution in [3.63, 3.8) is 0 Å². The van der Waals surface area contributed by atoms with E-state index in [4.69, 9.17) is 5.73 Å². The standard InChI is InChI=1S/C12H24N4/c1-10-12(11(2)16(4)14-10)9-15(3)8-6-5-7-13/h5-9,13H2,1-4H3. The van der Waals surface area contributed by atoms with E-state index in [0.717, 1.165) is 31.7 Å². The molecule has 0 spiro atoms. The summed E-state index contributed by atoms with van der Waals surface area (Å²) in [6, 6.07) is 0. The molecule has 0 saturated carbocycles. The van der Waals surface area contributed by atoms with E-state index in [1.54, 1.807) is 0 Å². The molecule has 0 atom stereocenters. The van der Waals surface area contributed by atoms with Crippen molar-refractivity contribution in [1.29, 1.82) is 0 Å². The number of nitrogens with two attached hydrogens (primary N) is 1. The lowest BCUT2D eigenvalue weighted by Gasteiger charge is -2.16. The molecule has 16 heavy (non-hydrogen) atoms. The zero-order valence-corrected chi connectivity index (χ0v) is 11.0. The number of unbranched alkanes of at least 4 members (excludes halogenated alkanes) is 1. The summed E-state index contributed by atoms with van der Waals surface area (Å²) in [4.78, 5) is 2.34. The van der Waals surface area contributed by atoms with Crippen molar-refractivity contribution in [3.8, 4) is 0 Å². The van der Waals surface area contributed by atoms with Gasteiger partial charge in [0.15, 0.2) is 0 Å². The van der Waals surface area contributed by atoms with Crippen LogP contribution in [0.4, 0.5) is 0 Å². The second-order valence-corrected chi connectivity index (χ2v) is 4.51. The van der Waals surface area contributed by atoms with Gasteiger partial charge in [0.25, 0.3) is 0 Å². The fraction of sp³-hybridized carbons (Fsp3) is 0.750. The summed E-state index contributed by atoms with van der Waals surface area (Å²) in [6.07, 6.45) is 2.28. The zero-order valence-electron chi connectivity index (χ0n) is 11.0. The molecule has 4 heteroatoms. The van der Waals surface area contributed by atoms with E-state index in [-0.39, 0.29) is 0 Å². The first-order chi connectivity index (χ1) is 7.56. The van der Waals surface area contributed by atoms with Crippen molar-refractivity contribution < 1.29 is 0 Å². The van der Waals surface area contributed by atoms with Gasteiger partial charge in [0.1, 0.15) is 0 Å². The molecule has 4 nitrogen and oxygen atoms in total. The molecule has 92 valence electrons. The highest BCUT2D eigenvalue weighted by molar-refractivity contribution is 5.23. The molecule has 1 heterocycles. The lowest BCUT2D eigenvalue weighted by molar-refractivity contribution is 0.318. The first-order valence-corrected chi connectivity index (χ1v) is 5.94. The lowest BCUT2D eigenvalue weighted by Crippen LogP contribution is -2.20. The number of nitrogens with zero attached hydrogens (tertiary/aromatic N) is 3. The summed E-state index contributed by atoms with van der Waals surface area (Å²) in [5, 5.41) is 4.43. The Morgan fingerprint density at radius 3 is 2.50 bits per heavy atom. The van der Waals surface area contributed by atoms with E-state index in [1.165, 1.54) is 17.7 Å². The molecule has 1 aromatic rings. The largest absolute Gasteiger partial charge is 0.330 e. The zero-order chi connectivity index (χ0) is 12.1. The first kappa shape index (κ1) is 13.2. The predicted molar refractivity (Wildman–Crippen MR) is 67.3 cm³/mol. The minimum absolute atomic E-state index is 0.790. The normalized spacial score (nSPS) is 11.4. The van der Waals surface area contributed by atoms with Crippen molar-refractivity contribution in [2.75, 3.05) is 20.1 Å². The molecule has 0 radical (unpaired) electrons. The van der Waals surface area contributed by atoms with E-state index in [2.05, 4.69) is 30.9 Å². The molecular weight excluding hydrogens is 200 g/mol. The van der Waals surface area contributed by atoms with Crippen molar-refractivity contribution >= 4 is 0 Å². The van der Waals surface area contributed by atoms with Crippen LogP contribution < -0.4 is 5.73 Å². The molecule has 0 aliphatic heterocycles. The Morgan fingerprint density at radius 1 is 1.31 bits per heavy atom. The Kier molecular flexibility index (Phi) is 4.96. The Balaban J connectivity index is 2.52. The summed E-state index contributed by atoms with van der Waals surface area (Å²) in [7, 11) is 4.16. The van der Waals surface area contributed by atoms with E-state index in [1.807, 2.05) is 11.7 Å². The molecule has 2 N–H and O–H groups in total. The van der Waals surface area contributed by atoms with Crippen LogP contribution in [0.25, 0.3) is 0 Å². The molecule has 0 saturated heterocycles. The fourth-order valence-corrected chi connectivity index (χ4v) is 1.92. The minimum Gasteiger partial charge on any atom is -0.330 e. The number of hydrogen-bond acceptors (Lipinski definition) is 3. The van der Waals surface area contributed by atoms with Gasteiger partial charge >= 0.3 is 0 Å². The molecule has 0 aliphatic rings. The number of aromatic nitrogens is 2. The summed E-state index contributed by atoms with van der Waals surface area (Å²) < 4.78 is 1.96. The van der Waals surface area contributed by atoms with E-state index in [0.29, 0.717) is 0 Å². The van der Waals surface area contributed by atoms with Crippen molar-refractivity contribution in [3.05, 3.63) is 17.0 Å². The topological polar surface area (TPSA) is 47.1 Å². The van der Waals surface area contributed by atoms with Gasteiger partial charge in [0.2, 0.25) is 0 Å². The van der Waals surface area contributed by atoms with Crippen LogP contribution in [0.15, 0.2) is 0 Å². The minimum atomic E-state index is 0.790. The number of aryl methyl sites for hydroxylation is 2. The lowest BCUT2D eigenvalue weighted by atomic mass is 10.2. The van der Waals surface area contributed by atoms with E-state index >= 15 is 0 Å². The second kappa shape index (κ2) is 6.01. The monoisotopic (exact) mass is 224 g/mol.